The van der Waals surface area contributed by atoms with Crippen LogP contribution < -0.4 is 29.3 Å². The highest BCUT2D eigenvalue weighted by atomic mass is 127. The van der Waals surface area contributed by atoms with Gasteiger partial charge in [0.1, 0.15) is 0 Å². The number of amides is 1. The molecular formula is C16H14IN4O-. The van der Waals surface area contributed by atoms with Crippen molar-refractivity contribution in [2.45, 2.75) is 6.42 Å². The standard InChI is InChI=1S/C16H14N4O.HI/c21-16(10-12-4-2-1-3-5-12)18-15-11-14(19-20-15)13-6-8-17-9-7-13;/h1-9,11H,10H2,(H2,18,19,20,21);1H/p-1. The quantitative estimate of drug-likeness (QED) is 0.584. The molecule has 0 aliphatic rings. The van der Waals surface area contributed by atoms with Gasteiger partial charge in [0, 0.05) is 24.0 Å². The summed E-state index contributed by atoms with van der Waals surface area (Å²) in [6.45, 7) is 0. The first-order valence-corrected chi connectivity index (χ1v) is 6.61. The number of hydrogen-bond acceptors (Lipinski definition) is 3. The fourth-order valence-electron chi connectivity index (χ4n) is 2.03. The molecule has 0 unspecified atom stereocenters. The van der Waals surface area contributed by atoms with E-state index in [9.17, 15) is 4.79 Å². The molecule has 0 bridgehead atoms. The lowest BCUT2D eigenvalue weighted by Crippen LogP contribution is -3.00. The number of aromatic amines is 1. The van der Waals surface area contributed by atoms with E-state index in [-0.39, 0.29) is 29.9 Å². The van der Waals surface area contributed by atoms with Gasteiger partial charge in [-0.15, -0.1) is 0 Å². The van der Waals surface area contributed by atoms with Crippen LogP contribution in [0.2, 0.25) is 0 Å². The second-order valence-electron chi connectivity index (χ2n) is 4.61. The van der Waals surface area contributed by atoms with Gasteiger partial charge in [-0.25, -0.2) is 0 Å². The molecular weight excluding hydrogens is 391 g/mol. The molecule has 0 saturated carbocycles. The van der Waals surface area contributed by atoms with Gasteiger partial charge in [0.25, 0.3) is 0 Å². The minimum Gasteiger partial charge on any atom is -1.00 e. The van der Waals surface area contributed by atoms with Crippen LogP contribution in [0.15, 0.2) is 60.9 Å². The molecule has 5 nitrogen and oxygen atoms in total. The fourth-order valence-corrected chi connectivity index (χ4v) is 2.03. The number of nitrogens with one attached hydrogen (secondary N) is 2. The average Bonchev–Trinajstić information content (AvgIpc) is 2.97. The number of nitrogens with zero attached hydrogens (tertiary/aromatic N) is 2. The smallest absolute Gasteiger partial charge is 0.229 e. The molecule has 2 aromatic heterocycles. The van der Waals surface area contributed by atoms with Gasteiger partial charge in [-0.3, -0.25) is 14.9 Å². The van der Waals surface area contributed by atoms with Crippen LogP contribution in [0.3, 0.4) is 0 Å². The minimum atomic E-state index is -0.0889. The number of pyridine rings is 1. The Bertz CT molecular complexity index is 728. The second kappa shape index (κ2) is 7.69. The third kappa shape index (κ3) is 4.14. The summed E-state index contributed by atoms with van der Waals surface area (Å²) < 4.78 is 0. The molecule has 6 heteroatoms. The van der Waals surface area contributed by atoms with Crippen molar-refractivity contribution in [3.05, 3.63) is 66.5 Å². The average molecular weight is 405 g/mol. The van der Waals surface area contributed by atoms with Gasteiger partial charge in [0.2, 0.25) is 5.91 Å². The molecule has 22 heavy (non-hydrogen) atoms. The third-order valence-corrected chi connectivity index (χ3v) is 3.04. The molecule has 0 atom stereocenters. The zero-order chi connectivity index (χ0) is 14.5. The van der Waals surface area contributed by atoms with E-state index in [1.165, 1.54) is 0 Å². The van der Waals surface area contributed by atoms with Crippen LogP contribution in [0.1, 0.15) is 5.56 Å². The van der Waals surface area contributed by atoms with E-state index in [0.717, 1.165) is 16.8 Å². The monoisotopic (exact) mass is 405 g/mol. The maximum absolute atomic E-state index is 12.0. The second-order valence-corrected chi connectivity index (χ2v) is 4.61. The lowest BCUT2D eigenvalue weighted by molar-refractivity contribution is -0.115. The van der Waals surface area contributed by atoms with Crippen molar-refractivity contribution in [2.24, 2.45) is 0 Å². The topological polar surface area (TPSA) is 70.7 Å². The van der Waals surface area contributed by atoms with E-state index in [1.54, 1.807) is 18.5 Å². The molecule has 0 saturated heterocycles. The van der Waals surface area contributed by atoms with Gasteiger partial charge in [0.15, 0.2) is 5.82 Å². The van der Waals surface area contributed by atoms with Crippen molar-refractivity contribution in [2.75, 3.05) is 5.32 Å². The third-order valence-electron chi connectivity index (χ3n) is 3.04. The van der Waals surface area contributed by atoms with Gasteiger partial charge in [-0.1, -0.05) is 30.3 Å². The summed E-state index contributed by atoms with van der Waals surface area (Å²) in [5, 5.41) is 9.78. The predicted octanol–water partition coefficient (Wildman–Crippen LogP) is -0.343. The first kappa shape index (κ1) is 16.2. The Kier molecular flexibility index (Phi) is 5.65. The molecule has 3 rings (SSSR count). The van der Waals surface area contributed by atoms with Gasteiger partial charge < -0.3 is 29.3 Å². The number of benzene rings is 1. The van der Waals surface area contributed by atoms with E-state index in [0.29, 0.717) is 12.2 Å². The van der Waals surface area contributed by atoms with E-state index in [4.69, 9.17) is 0 Å². The van der Waals surface area contributed by atoms with Crippen LogP contribution in [0.25, 0.3) is 11.3 Å². The number of H-pyrrole nitrogens is 1. The van der Waals surface area contributed by atoms with Gasteiger partial charge >= 0.3 is 0 Å². The first-order chi connectivity index (χ1) is 10.3. The molecule has 3 aromatic rings. The maximum Gasteiger partial charge on any atom is 0.229 e. The number of aromatic nitrogens is 3. The van der Waals surface area contributed by atoms with Crippen molar-refractivity contribution in [1.82, 2.24) is 15.2 Å². The number of hydrogen-bond donors (Lipinski definition) is 2. The van der Waals surface area contributed by atoms with Crippen molar-refractivity contribution >= 4 is 11.7 Å². The molecule has 2 heterocycles. The lowest BCUT2D eigenvalue weighted by atomic mass is 10.1. The van der Waals surface area contributed by atoms with Crippen LogP contribution in [-0.4, -0.2) is 21.1 Å². The Morgan fingerprint density at radius 3 is 2.55 bits per heavy atom. The van der Waals surface area contributed by atoms with Crippen LogP contribution in [0.5, 0.6) is 0 Å². The van der Waals surface area contributed by atoms with E-state index in [2.05, 4.69) is 20.5 Å². The van der Waals surface area contributed by atoms with Crippen LogP contribution >= 0.6 is 0 Å². The summed E-state index contributed by atoms with van der Waals surface area (Å²) in [5.74, 6) is 0.428. The van der Waals surface area contributed by atoms with Crippen molar-refractivity contribution in [3.8, 4) is 11.3 Å². The zero-order valence-electron chi connectivity index (χ0n) is 11.7. The summed E-state index contributed by atoms with van der Waals surface area (Å²) in [5.41, 5.74) is 2.79. The Hall–Kier alpha value is -2.22. The summed E-state index contributed by atoms with van der Waals surface area (Å²) in [7, 11) is 0. The number of rotatable bonds is 4. The highest BCUT2D eigenvalue weighted by Crippen LogP contribution is 2.18. The molecule has 2 N–H and O–H groups in total. The van der Waals surface area contributed by atoms with Gasteiger partial charge in [-0.2, -0.15) is 5.10 Å². The molecule has 1 aromatic carbocycles. The molecule has 1 amide bonds. The molecule has 0 fully saturated rings. The normalized spacial score (nSPS) is 9.82. The Labute approximate surface area is 145 Å². The van der Waals surface area contributed by atoms with Crippen LogP contribution in [0.4, 0.5) is 5.82 Å². The number of carbonyl (C=O) groups is 1. The number of carbonyl (C=O) groups excluding carboxylic acids is 1. The van der Waals surface area contributed by atoms with Crippen molar-refractivity contribution in [3.63, 3.8) is 0 Å². The highest BCUT2D eigenvalue weighted by molar-refractivity contribution is 5.91. The first-order valence-electron chi connectivity index (χ1n) is 6.61. The molecule has 0 radical (unpaired) electrons. The molecule has 0 aliphatic heterocycles. The zero-order valence-corrected chi connectivity index (χ0v) is 13.8. The molecule has 0 aliphatic carbocycles. The minimum absolute atomic E-state index is 0. The van der Waals surface area contributed by atoms with Crippen molar-refractivity contribution in [1.29, 1.82) is 0 Å². The number of halogens is 1. The van der Waals surface area contributed by atoms with E-state index >= 15 is 0 Å². The van der Waals surface area contributed by atoms with Gasteiger partial charge in [0.05, 0.1) is 12.1 Å². The molecule has 0 spiro atoms. The number of anilines is 1. The highest BCUT2D eigenvalue weighted by Gasteiger charge is 2.07. The Morgan fingerprint density at radius 1 is 1.09 bits per heavy atom. The summed E-state index contributed by atoms with van der Waals surface area (Å²) >= 11 is 0. The fraction of sp³-hybridized carbons (Fsp3) is 0.0625. The summed E-state index contributed by atoms with van der Waals surface area (Å²) in [4.78, 5) is 15.9. The maximum atomic E-state index is 12.0. The van der Waals surface area contributed by atoms with E-state index < -0.39 is 0 Å². The van der Waals surface area contributed by atoms with Gasteiger partial charge in [-0.05, 0) is 17.7 Å². The molecule has 112 valence electrons. The Balaban J connectivity index is 0.00000176. The summed E-state index contributed by atoms with van der Waals surface area (Å²) in [6, 6.07) is 15.2. The van der Waals surface area contributed by atoms with Crippen LogP contribution in [0, 0.1) is 0 Å². The SMILES string of the molecule is O=C(Cc1ccccc1)Nc1cc(-c2ccncc2)[nH]n1.[I-]. The lowest BCUT2D eigenvalue weighted by Gasteiger charge is -2.01. The largest absolute Gasteiger partial charge is 1.00 e. The van der Waals surface area contributed by atoms with E-state index in [1.807, 2.05) is 42.5 Å². The van der Waals surface area contributed by atoms with Crippen molar-refractivity contribution < 1.29 is 28.8 Å². The van der Waals surface area contributed by atoms with Crippen LogP contribution in [-0.2, 0) is 11.2 Å². The predicted molar refractivity (Wildman–Crippen MR) is 80.6 cm³/mol. The Morgan fingerprint density at radius 2 is 1.82 bits per heavy atom. The summed E-state index contributed by atoms with van der Waals surface area (Å²) in [6.07, 6.45) is 3.76.